The second kappa shape index (κ2) is 7.54. The zero-order chi connectivity index (χ0) is 13.5. The van der Waals surface area contributed by atoms with Crippen molar-refractivity contribution in [1.82, 2.24) is 0 Å². The van der Waals surface area contributed by atoms with Crippen molar-refractivity contribution >= 4 is 5.69 Å². The highest BCUT2D eigenvalue weighted by Gasteiger charge is 2.28. The monoisotopic (exact) mass is 260 g/mol. The van der Waals surface area contributed by atoms with Gasteiger partial charge in [-0.05, 0) is 43.9 Å². The van der Waals surface area contributed by atoms with Crippen LogP contribution in [0.3, 0.4) is 0 Å². The molecule has 1 aliphatic carbocycles. The molecule has 0 heterocycles. The first kappa shape index (κ1) is 14.4. The summed E-state index contributed by atoms with van der Waals surface area (Å²) in [5, 5.41) is 0. The van der Waals surface area contributed by atoms with E-state index in [0.717, 1.165) is 25.4 Å². The largest absolute Gasteiger partial charge is 0.368 e. The van der Waals surface area contributed by atoms with Crippen molar-refractivity contribution in [2.45, 2.75) is 51.5 Å². The lowest BCUT2D eigenvalue weighted by atomic mass is 9.81. The van der Waals surface area contributed by atoms with E-state index in [2.05, 4.69) is 42.2 Å². The van der Waals surface area contributed by atoms with Crippen LogP contribution in [0.1, 0.15) is 45.4 Å². The summed E-state index contributed by atoms with van der Waals surface area (Å²) in [5.74, 6) is 0.853. The Labute approximate surface area is 118 Å². The number of rotatable bonds is 6. The SMILES string of the molecule is CCC1CCCCC1N(CCCN)c1ccccc1. The Morgan fingerprint density at radius 3 is 2.58 bits per heavy atom. The predicted octanol–water partition coefficient (Wildman–Crippen LogP) is 3.81. The Morgan fingerprint density at radius 1 is 1.16 bits per heavy atom. The van der Waals surface area contributed by atoms with Gasteiger partial charge >= 0.3 is 0 Å². The lowest BCUT2D eigenvalue weighted by Gasteiger charge is -2.41. The van der Waals surface area contributed by atoms with Crippen LogP contribution >= 0.6 is 0 Å². The second-order valence-corrected chi connectivity index (χ2v) is 5.69. The molecule has 1 fully saturated rings. The molecule has 0 radical (unpaired) electrons. The number of nitrogens with two attached hydrogens (primary N) is 1. The third-order valence-corrected chi connectivity index (χ3v) is 4.48. The van der Waals surface area contributed by atoms with E-state index < -0.39 is 0 Å². The minimum absolute atomic E-state index is 0.715. The molecule has 2 nitrogen and oxygen atoms in total. The molecule has 0 spiro atoms. The molecule has 0 saturated heterocycles. The summed E-state index contributed by atoms with van der Waals surface area (Å²) in [6, 6.07) is 11.6. The normalized spacial score (nSPS) is 23.3. The van der Waals surface area contributed by atoms with Gasteiger partial charge in [-0.2, -0.15) is 0 Å². The number of para-hydroxylation sites is 1. The van der Waals surface area contributed by atoms with Crippen molar-refractivity contribution < 1.29 is 0 Å². The summed E-state index contributed by atoms with van der Waals surface area (Å²) in [4.78, 5) is 2.63. The van der Waals surface area contributed by atoms with Gasteiger partial charge in [-0.1, -0.05) is 44.4 Å². The van der Waals surface area contributed by atoms with Crippen molar-refractivity contribution in [2.24, 2.45) is 11.7 Å². The van der Waals surface area contributed by atoms with Gasteiger partial charge in [0.25, 0.3) is 0 Å². The molecule has 0 bridgehead atoms. The van der Waals surface area contributed by atoms with Gasteiger partial charge in [0, 0.05) is 18.3 Å². The lowest BCUT2D eigenvalue weighted by molar-refractivity contribution is 0.284. The molecule has 2 unspecified atom stereocenters. The Hall–Kier alpha value is -1.02. The first-order valence-corrected chi connectivity index (χ1v) is 7.88. The Morgan fingerprint density at radius 2 is 1.89 bits per heavy atom. The molecule has 0 aliphatic heterocycles. The fraction of sp³-hybridized carbons (Fsp3) is 0.647. The van der Waals surface area contributed by atoms with Gasteiger partial charge in [-0.3, -0.25) is 0 Å². The molecule has 1 saturated carbocycles. The van der Waals surface area contributed by atoms with Crippen molar-refractivity contribution in [2.75, 3.05) is 18.0 Å². The topological polar surface area (TPSA) is 29.3 Å². The summed E-state index contributed by atoms with van der Waals surface area (Å²) >= 11 is 0. The minimum atomic E-state index is 0.715. The maximum absolute atomic E-state index is 5.72. The smallest absolute Gasteiger partial charge is 0.0368 e. The minimum Gasteiger partial charge on any atom is -0.368 e. The summed E-state index contributed by atoms with van der Waals surface area (Å²) in [5.41, 5.74) is 7.10. The summed E-state index contributed by atoms with van der Waals surface area (Å²) < 4.78 is 0. The molecule has 1 aromatic carbocycles. The van der Waals surface area contributed by atoms with Crippen LogP contribution in [0.15, 0.2) is 30.3 Å². The Balaban J connectivity index is 2.16. The molecule has 2 N–H and O–H groups in total. The summed E-state index contributed by atoms with van der Waals surface area (Å²) in [6.07, 6.45) is 7.92. The van der Waals surface area contributed by atoms with E-state index in [0.29, 0.717) is 6.04 Å². The summed E-state index contributed by atoms with van der Waals surface area (Å²) in [6.45, 7) is 4.23. The zero-order valence-corrected chi connectivity index (χ0v) is 12.2. The molecule has 1 aliphatic rings. The van der Waals surface area contributed by atoms with Gasteiger partial charge in [0.15, 0.2) is 0 Å². The quantitative estimate of drug-likeness (QED) is 0.842. The van der Waals surface area contributed by atoms with Crippen molar-refractivity contribution in [3.63, 3.8) is 0 Å². The number of nitrogens with zero attached hydrogens (tertiary/aromatic N) is 1. The molecule has 2 heteroatoms. The van der Waals surface area contributed by atoms with E-state index in [4.69, 9.17) is 5.73 Å². The highest BCUT2D eigenvalue weighted by molar-refractivity contribution is 5.47. The van der Waals surface area contributed by atoms with Gasteiger partial charge in [0.1, 0.15) is 0 Å². The van der Waals surface area contributed by atoms with E-state index >= 15 is 0 Å². The highest BCUT2D eigenvalue weighted by atomic mass is 15.2. The molecule has 2 atom stereocenters. The van der Waals surface area contributed by atoms with Gasteiger partial charge in [0.2, 0.25) is 0 Å². The van der Waals surface area contributed by atoms with E-state index in [-0.39, 0.29) is 0 Å². The number of anilines is 1. The van der Waals surface area contributed by atoms with E-state index in [9.17, 15) is 0 Å². The molecule has 0 amide bonds. The Bertz CT molecular complexity index is 350. The van der Waals surface area contributed by atoms with Crippen LogP contribution in [0.2, 0.25) is 0 Å². The maximum Gasteiger partial charge on any atom is 0.0368 e. The van der Waals surface area contributed by atoms with Crippen LogP contribution < -0.4 is 10.6 Å². The fourth-order valence-electron chi connectivity index (χ4n) is 3.44. The fourth-order valence-corrected chi connectivity index (χ4v) is 3.44. The maximum atomic E-state index is 5.72. The van der Waals surface area contributed by atoms with Crippen LogP contribution in [0.5, 0.6) is 0 Å². The predicted molar refractivity (Wildman–Crippen MR) is 83.5 cm³/mol. The molecular formula is C17H28N2. The second-order valence-electron chi connectivity index (χ2n) is 5.69. The Kier molecular flexibility index (Phi) is 5.71. The first-order chi connectivity index (χ1) is 9.36. The van der Waals surface area contributed by atoms with Crippen LogP contribution in [-0.4, -0.2) is 19.1 Å². The number of hydrogen-bond acceptors (Lipinski definition) is 2. The third kappa shape index (κ3) is 3.73. The summed E-state index contributed by atoms with van der Waals surface area (Å²) in [7, 11) is 0. The van der Waals surface area contributed by atoms with Crippen molar-refractivity contribution in [3.8, 4) is 0 Å². The molecule has 0 aromatic heterocycles. The van der Waals surface area contributed by atoms with E-state index in [1.54, 1.807) is 0 Å². The van der Waals surface area contributed by atoms with Gasteiger partial charge in [-0.15, -0.1) is 0 Å². The average molecular weight is 260 g/mol. The van der Waals surface area contributed by atoms with Crippen LogP contribution in [0, 0.1) is 5.92 Å². The van der Waals surface area contributed by atoms with Crippen LogP contribution in [0.25, 0.3) is 0 Å². The standard InChI is InChI=1S/C17H28N2/c1-2-15-9-6-7-12-17(15)19(14-8-13-18)16-10-4-3-5-11-16/h3-5,10-11,15,17H,2,6-9,12-14,18H2,1H3. The molecule has 19 heavy (non-hydrogen) atoms. The van der Waals surface area contributed by atoms with Gasteiger partial charge in [-0.25, -0.2) is 0 Å². The molecular weight excluding hydrogens is 232 g/mol. The van der Waals surface area contributed by atoms with E-state index in [1.807, 2.05) is 0 Å². The number of hydrogen-bond donors (Lipinski definition) is 1. The van der Waals surface area contributed by atoms with Crippen LogP contribution in [-0.2, 0) is 0 Å². The molecule has 1 aromatic rings. The molecule has 2 rings (SSSR count). The van der Waals surface area contributed by atoms with Crippen molar-refractivity contribution in [3.05, 3.63) is 30.3 Å². The highest BCUT2D eigenvalue weighted by Crippen LogP contribution is 2.33. The van der Waals surface area contributed by atoms with E-state index in [1.165, 1.54) is 37.8 Å². The van der Waals surface area contributed by atoms with Crippen LogP contribution in [0.4, 0.5) is 5.69 Å². The zero-order valence-electron chi connectivity index (χ0n) is 12.2. The van der Waals surface area contributed by atoms with Crippen molar-refractivity contribution in [1.29, 1.82) is 0 Å². The van der Waals surface area contributed by atoms with Gasteiger partial charge in [0.05, 0.1) is 0 Å². The molecule has 106 valence electrons. The average Bonchev–Trinajstić information content (AvgIpc) is 2.49. The number of benzene rings is 1. The first-order valence-electron chi connectivity index (χ1n) is 7.88. The van der Waals surface area contributed by atoms with Gasteiger partial charge < -0.3 is 10.6 Å². The lowest BCUT2D eigenvalue weighted by Crippen LogP contribution is -2.43. The third-order valence-electron chi connectivity index (χ3n) is 4.48.